The smallest absolute Gasteiger partial charge is 0.246 e. The molecular weight excluding hydrogens is 660 g/mol. The van der Waals surface area contributed by atoms with Crippen molar-refractivity contribution in [3.8, 4) is 11.6 Å². The third-order valence-electron chi connectivity index (χ3n) is 7.18. The van der Waals surface area contributed by atoms with Crippen LogP contribution in [0.5, 0.6) is 0 Å². The molecule has 248 valence electrons. The van der Waals surface area contributed by atoms with Gasteiger partial charge in [0.2, 0.25) is 21.8 Å². The first-order chi connectivity index (χ1) is 20.7. The number of nitrogens with zero attached hydrogens (tertiary/aromatic N) is 4. The highest BCUT2D eigenvalue weighted by Gasteiger charge is 2.40. The average molecular weight is 701 g/mol. The number of aliphatic hydroxyl groups is 1. The molecule has 2 atom stereocenters. The maximum atomic E-state index is 14.6. The molecule has 3 aromatic rings. The second kappa shape index (κ2) is 13.7. The van der Waals surface area contributed by atoms with Gasteiger partial charge in [0.05, 0.1) is 25.2 Å². The predicted molar refractivity (Wildman–Crippen MR) is 178 cm³/mol. The first-order valence-electron chi connectivity index (χ1n) is 13.9. The Bertz CT molecular complexity index is 1810. The minimum atomic E-state index is -4.49. The zero-order valence-electron chi connectivity index (χ0n) is 27.0. The summed E-state index contributed by atoms with van der Waals surface area (Å²) in [5, 5.41) is 18.7. The number of allylic oxidation sites excluding steroid dienone is 2. The van der Waals surface area contributed by atoms with Crippen LogP contribution in [0.25, 0.3) is 17.3 Å². The summed E-state index contributed by atoms with van der Waals surface area (Å²) in [6, 6.07) is 7.82. The molecule has 0 bridgehead atoms. The lowest BCUT2D eigenvalue weighted by Crippen LogP contribution is -2.44. The highest BCUT2D eigenvalue weighted by Crippen LogP contribution is 2.37. The largest absolute Gasteiger partial charge is 0.499 e. The summed E-state index contributed by atoms with van der Waals surface area (Å²) in [5.41, 5.74) is 0.141. The van der Waals surface area contributed by atoms with E-state index < -0.39 is 39.3 Å². The topological polar surface area (TPSA) is 154 Å². The molecule has 0 spiro atoms. The Morgan fingerprint density at radius 2 is 1.78 bits per heavy atom. The van der Waals surface area contributed by atoms with Gasteiger partial charge in [-0.15, -0.1) is 10.2 Å². The molecule has 0 radical (unpaired) electrons. The second-order valence-corrected chi connectivity index (χ2v) is 22.1. The van der Waals surface area contributed by atoms with Crippen LogP contribution in [0.2, 0.25) is 30.7 Å². The van der Waals surface area contributed by atoms with E-state index in [1.165, 1.54) is 43.9 Å². The molecule has 2 aromatic heterocycles. The molecular formula is C29H41ClN4O8S2Si. The van der Waals surface area contributed by atoms with Crippen molar-refractivity contribution in [1.29, 1.82) is 0 Å². The van der Waals surface area contributed by atoms with Crippen LogP contribution in [0.1, 0.15) is 31.3 Å². The van der Waals surface area contributed by atoms with Gasteiger partial charge in [0.1, 0.15) is 28.2 Å². The molecule has 0 saturated carbocycles. The molecule has 0 aliphatic rings. The number of methoxy groups -OCH3 is 2. The van der Waals surface area contributed by atoms with Crippen molar-refractivity contribution in [3.05, 3.63) is 64.8 Å². The summed E-state index contributed by atoms with van der Waals surface area (Å²) in [4.78, 5) is -0.269. The molecule has 0 aliphatic carbocycles. The molecule has 1 N–H and O–H groups in total. The third kappa shape index (κ3) is 8.00. The number of aryl methyl sites for hydroxylation is 1. The standard InChI is InChI=1S/C29H41ClN4O8S2Si/c1-18-11-14-24(42-18)28-31-32-29(34(28)26(19(2)40-5)20(3)41-6)33(15-16-45(8,9)10)44(38,39)21(4)27(35)23-13-12-22(30)17-25(23)43(7,36)37/h11-14,17,21,27,35H,2,15-16H2,1,3-10H3/b26-20-/t21-,27-/m0/s1. The van der Waals surface area contributed by atoms with Gasteiger partial charge in [0, 0.05) is 31.5 Å². The van der Waals surface area contributed by atoms with Crippen molar-refractivity contribution in [2.24, 2.45) is 0 Å². The zero-order valence-corrected chi connectivity index (χ0v) is 30.3. The van der Waals surface area contributed by atoms with E-state index in [9.17, 15) is 21.9 Å². The average Bonchev–Trinajstić information content (AvgIpc) is 3.57. The van der Waals surface area contributed by atoms with Crippen LogP contribution >= 0.6 is 11.6 Å². The van der Waals surface area contributed by atoms with Crippen molar-refractivity contribution >= 4 is 51.2 Å². The maximum Gasteiger partial charge on any atom is 0.246 e. The van der Waals surface area contributed by atoms with Crippen molar-refractivity contribution in [3.63, 3.8) is 0 Å². The lowest BCUT2D eigenvalue weighted by atomic mass is 10.1. The number of furan rings is 1. The molecule has 12 nitrogen and oxygen atoms in total. The SMILES string of the molecule is C=C(OC)/C(=C(\C)OC)n1c(-c2ccc(C)o2)nnc1N(CC[Si](C)(C)C)S(=O)(=O)[C@@H](C)[C@H](O)c1ccc(Cl)cc1S(C)(=O)=O. The summed E-state index contributed by atoms with van der Waals surface area (Å²) >= 11 is 6.06. The normalized spacial score (nSPS) is 14.5. The van der Waals surface area contributed by atoms with Crippen LogP contribution in [0, 0.1) is 6.92 Å². The number of sulfonamides is 1. The maximum absolute atomic E-state index is 14.6. The van der Waals surface area contributed by atoms with E-state index in [4.69, 9.17) is 25.5 Å². The van der Waals surface area contributed by atoms with Crippen molar-refractivity contribution in [2.45, 2.75) is 62.7 Å². The summed E-state index contributed by atoms with van der Waals surface area (Å²) in [6.07, 6.45) is -0.789. The quantitative estimate of drug-likeness (QED) is 0.130. The lowest BCUT2D eigenvalue weighted by Gasteiger charge is -2.31. The van der Waals surface area contributed by atoms with Crippen molar-refractivity contribution < 1.29 is 35.8 Å². The number of halogens is 1. The number of hydrogen-bond donors (Lipinski definition) is 1. The number of hydrogen-bond acceptors (Lipinski definition) is 10. The van der Waals surface area contributed by atoms with Crippen LogP contribution < -0.4 is 4.31 Å². The highest BCUT2D eigenvalue weighted by molar-refractivity contribution is 7.93. The highest BCUT2D eigenvalue weighted by atomic mass is 35.5. The number of benzene rings is 1. The first kappa shape index (κ1) is 36.4. The number of anilines is 1. The Morgan fingerprint density at radius 3 is 2.29 bits per heavy atom. The molecule has 3 rings (SSSR count). The van der Waals surface area contributed by atoms with E-state index >= 15 is 0 Å². The molecule has 0 saturated heterocycles. The number of sulfone groups is 1. The van der Waals surface area contributed by atoms with Crippen LogP contribution in [0.4, 0.5) is 5.95 Å². The molecule has 0 unspecified atom stereocenters. The molecule has 16 heteroatoms. The fourth-order valence-electron chi connectivity index (χ4n) is 4.50. The van der Waals surface area contributed by atoms with Gasteiger partial charge in [-0.05, 0) is 51.1 Å². The zero-order chi connectivity index (χ0) is 34.1. The van der Waals surface area contributed by atoms with Crippen molar-refractivity contribution in [1.82, 2.24) is 14.8 Å². The van der Waals surface area contributed by atoms with Gasteiger partial charge in [-0.25, -0.2) is 21.1 Å². The number of aliphatic hydroxyl groups excluding tert-OH is 1. The summed E-state index contributed by atoms with van der Waals surface area (Å²) in [5.74, 6) is 1.37. The van der Waals surface area contributed by atoms with E-state index in [2.05, 4.69) is 36.4 Å². The van der Waals surface area contributed by atoms with Gasteiger partial charge >= 0.3 is 0 Å². The summed E-state index contributed by atoms with van der Waals surface area (Å²) in [6.45, 7) is 15.0. The van der Waals surface area contributed by atoms with E-state index in [0.29, 0.717) is 23.3 Å². The van der Waals surface area contributed by atoms with Crippen LogP contribution in [0.15, 0.2) is 57.7 Å². The molecule has 0 amide bonds. The van der Waals surface area contributed by atoms with Crippen LogP contribution in [0.3, 0.4) is 0 Å². The number of aromatic nitrogens is 3. The van der Waals surface area contributed by atoms with Crippen LogP contribution in [-0.4, -0.2) is 77.1 Å². The van der Waals surface area contributed by atoms with E-state index in [1.54, 1.807) is 26.0 Å². The lowest BCUT2D eigenvalue weighted by molar-refractivity contribution is 0.172. The van der Waals surface area contributed by atoms with Crippen molar-refractivity contribution in [2.75, 3.05) is 31.3 Å². The number of rotatable bonds is 14. The van der Waals surface area contributed by atoms with Gasteiger partial charge in [-0.1, -0.05) is 43.9 Å². The van der Waals surface area contributed by atoms with Gasteiger partial charge < -0.3 is 19.0 Å². The van der Waals surface area contributed by atoms with E-state index in [0.717, 1.165) is 10.6 Å². The Kier molecular flexibility index (Phi) is 11.1. The third-order valence-corrected chi connectivity index (χ3v) is 12.5. The molecule has 1 aromatic carbocycles. The van der Waals surface area contributed by atoms with E-state index in [-0.39, 0.29) is 45.3 Å². The Morgan fingerprint density at radius 1 is 1.13 bits per heavy atom. The minimum Gasteiger partial charge on any atom is -0.499 e. The Balaban J connectivity index is 2.34. The minimum absolute atomic E-state index is 0.0112. The molecule has 45 heavy (non-hydrogen) atoms. The molecule has 2 heterocycles. The second-order valence-electron chi connectivity index (χ2n) is 11.8. The van der Waals surface area contributed by atoms with Gasteiger partial charge in [-0.2, -0.15) is 0 Å². The fourth-order valence-corrected chi connectivity index (χ4v) is 8.31. The monoisotopic (exact) mass is 700 g/mol. The van der Waals surface area contributed by atoms with E-state index in [1.807, 2.05) is 0 Å². The van der Waals surface area contributed by atoms with Crippen LogP contribution in [-0.2, 0) is 29.3 Å². The van der Waals surface area contributed by atoms with Gasteiger partial charge in [0.25, 0.3) is 0 Å². The Labute approximate surface area is 271 Å². The first-order valence-corrected chi connectivity index (χ1v) is 21.4. The fraction of sp³-hybridized carbons (Fsp3) is 0.448. The van der Waals surface area contributed by atoms with Gasteiger partial charge in [-0.3, -0.25) is 4.57 Å². The molecule has 0 fully saturated rings. The summed E-state index contributed by atoms with van der Waals surface area (Å²) < 4.78 is 73.8. The van der Waals surface area contributed by atoms with Gasteiger partial charge in [0.15, 0.2) is 15.6 Å². The predicted octanol–water partition coefficient (Wildman–Crippen LogP) is 5.49. The molecule has 0 aliphatic heterocycles. The Hall–Kier alpha value is -3.11. The number of ether oxygens (including phenoxy) is 2. The summed E-state index contributed by atoms with van der Waals surface area (Å²) in [7, 11) is -7.38.